The van der Waals surface area contributed by atoms with E-state index in [9.17, 15) is 17.2 Å². The standard InChI is InChI=1S/C22H21F2NO4S/c1-22(13-30(25,26)27)11-10-15-16(12-22)20(14-6-3-2-4-7-14)28-17-8-5-9-18(19(15)17)29-21(23)24/h2-12,17,20-21H,13H2,1H3,(H2,25,26,27). The zero-order valence-electron chi connectivity index (χ0n) is 16.2. The molecule has 0 radical (unpaired) electrons. The van der Waals surface area contributed by atoms with Crippen LogP contribution >= 0.6 is 0 Å². The lowest BCUT2D eigenvalue weighted by molar-refractivity contribution is -0.0966. The van der Waals surface area contributed by atoms with Crippen LogP contribution in [-0.2, 0) is 19.5 Å². The quantitative estimate of drug-likeness (QED) is 0.764. The van der Waals surface area contributed by atoms with Crippen molar-refractivity contribution in [2.45, 2.75) is 25.7 Å². The summed E-state index contributed by atoms with van der Waals surface area (Å²) in [6.07, 6.45) is 9.07. The summed E-state index contributed by atoms with van der Waals surface area (Å²) in [6.45, 7) is -1.22. The molecule has 2 N–H and O–H groups in total. The van der Waals surface area contributed by atoms with Gasteiger partial charge in [0.1, 0.15) is 18.0 Å². The normalized spacial score (nSPS) is 28.0. The van der Waals surface area contributed by atoms with E-state index < -0.39 is 34.3 Å². The SMILES string of the molecule is CC1(CS(N)(=O)=O)C=CC2=C3C(OC(F)F)=CC=CC3OC(c3ccccc3)C2=C1. The molecule has 3 atom stereocenters. The fraction of sp³-hybridized carbons (Fsp3) is 0.273. The molecule has 3 unspecified atom stereocenters. The van der Waals surface area contributed by atoms with Gasteiger partial charge in [-0.25, -0.2) is 13.6 Å². The van der Waals surface area contributed by atoms with Gasteiger partial charge in [0, 0.05) is 11.0 Å². The van der Waals surface area contributed by atoms with E-state index in [1.54, 1.807) is 37.3 Å². The largest absolute Gasteiger partial charge is 0.434 e. The molecule has 0 aromatic heterocycles. The van der Waals surface area contributed by atoms with Crippen molar-refractivity contribution in [3.8, 4) is 0 Å². The summed E-state index contributed by atoms with van der Waals surface area (Å²) in [5.74, 6) is -0.256. The van der Waals surface area contributed by atoms with Gasteiger partial charge in [0.2, 0.25) is 10.0 Å². The number of benzene rings is 1. The molecule has 0 saturated carbocycles. The third-order valence-corrected chi connectivity index (χ3v) is 6.22. The van der Waals surface area contributed by atoms with E-state index in [2.05, 4.69) is 0 Å². The van der Waals surface area contributed by atoms with Crippen molar-refractivity contribution in [1.82, 2.24) is 0 Å². The third-order valence-electron chi connectivity index (χ3n) is 5.20. The minimum absolute atomic E-state index is 0.0320. The molecule has 158 valence electrons. The van der Waals surface area contributed by atoms with E-state index >= 15 is 0 Å². The van der Waals surface area contributed by atoms with E-state index in [-0.39, 0.29) is 11.5 Å². The van der Waals surface area contributed by atoms with Gasteiger partial charge < -0.3 is 9.47 Å². The monoisotopic (exact) mass is 433 g/mol. The fourth-order valence-electron chi connectivity index (χ4n) is 4.11. The third kappa shape index (κ3) is 4.16. The second-order valence-corrected chi connectivity index (χ2v) is 9.33. The van der Waals surface area contributed by atoms with Crippen LogP contribution in [0.3, 0.4) is 0 Å². The molecule has 1 heterocycles. The number of rotatable bonds is 5. The number of ether oxygens (including phenoxy) is 2. The second-order valence-electron chi connectivity index (χ2n) is 7.72. The summed E-state index contributed by atoms with van der Waals surface area (Å²) < 4.78 is 60.5. The molecule has 0 spiro atoms. The van der Waals surface area contributed by atoms with Crippen molar-refractivity contribution < 1.29 is 26.7 Å². The van der Waals surface area contributed by atoms with Crippen molar-refractivity contribution in [3.63, 3.8) is 0 Å². The Labute approximate surface area is 173 Å². The molecule has 3 aliphatic rings. The number of primary sulfonamides is 1. The lowest BCUT2D eigenvalue weighted by Gasteiger charge is -2.39. The van der Waals surface area contributed by atoms with Gasteiger partial charge in [-0.3, -0.25) is 0 Å². The molecule has 4 rings (SSSR count). The maximum Gasteiger partial charge on any atom is 0.387 e. The molecule has 0 fully saturated rings. The number of sulfonamides is 1. The van der Waals surface area contributed by atoms with Crippen molar-refractivity contribution in [1.29, 1.82) is 0 Å². The summed E-state index contributed by atoms with van der Waals surface area (Å²) in [5.41, 5.74) is 1.87. The lowest BCUT2D eigenvalue weighted by Crippen LogP contribution is -2.34. The maximum atomic E-state index is 13.0. The van der Waals surface area contributed by atoms with E-state index in [1.165, 1.54) is 6.08 Å². The van der Waals surface area contributed by atoms with E-state index in [0.717, 1.165) is 5.56 Å². The Balaban J connectivity index is 1.87. The molecule has 1 aliphatic heterocycles. The minimum Gasteiger partial charge on any atom is -0.434 e. The van der Waals surface area contributed by atoms with Crippen LogP contribution in [0.15, 0.2) is 89.3 Å². The molecular formula is C22H21F2NO4S. The average Bonchev–Trinajstić information content (AvgIpc) is 2.66. The lowest BCUT2D eigenvalue weighted by atomic mass is 9.75. The number of hydrogen-bond acceptors (Lipinski definition) is 4. The minimum atomic E-state index is -3.75. The number of hydrogen-bond donors (Lipinski definition) is 1. The van der Waals surface area contributed by atoms with Crippen LogP contribution in [0.5, 0.6) is 0 Å². The molecule has 0 saturated heterocycles. The predicted octanol–water partition coefficient (Wildman–Crippen LogP) is 3.91. The molecule has 5 nitrogen and oxygen atoms in total. The number of allylic oxidation sites excluding steroid dienone is 5. The van der Waals surface area contributed by atoms with Crippen LogP contribution in [0.2, 0.25) is 0 Å². The highest BCUT2D eigenvalue weighted by molar-refractivity contribution is 7.89. The molecule has 0 bridgehead atoms. The van der Waals surface area contributed by atoms with Crippen LogP contribution < -0.4 is 5.14 Å². The van der Waals surface area contributed by atoms with Crippen LogP contribution in [0.25, 0.3) is 0 Å². The molecule has 2 aliphatic carbocycles. The summed E-state index contributed by atoms with van der Waals surface area (Å²) in [6, 6.07) is 9.45. The highest BCUT2D eigenvalue weighted by Crippen LogP contribution is 2.48. The van der Waals surface area contributed by atoms with E-state index in [4.69, 9.17) is 14.6 Å². The molecule has 8 heteroatoms. The van der Waals surface area contributed by atoms with Crippen molar-refractivity contribution in [3.05, 3.63) is 94.8 Å². The maximum absolute atomic E-state index is 13.0. The average molecular weight is 433 g/mol. The number of nitrogens with two attached hydrogens (primary N) is 1. The molecule has 30 heavy (non-hydrogen) atoms. The number of alkyl halides is 2. The zero-order valence-corrected chi connectivity index (χ0v) is 17.0. The Morgan fingerprint density at radius 1 is 1.27 bits per heavy atom. The summed E-state index contributed by atoms with van der Waals surface area (Å²) in [4.78, 5) is 0. The fourth-order valence-corrected chi connectivity index (χ4v) is 5.16. The van der Waals surface area contributed by atoms with Gasteiger partial charge in [0.15, 0.2) is 0 Å². The van der Waals surface area contributed by atoms with E-state index in [0.29, 0.717) is 16.7 Å². The van der Waals surface area contributed by atoms with Crippen LogP contribution in [0, 0.1) is 5.41 Å². The Bertz CT molecular complexity index is 1100. The summed E-state index contributed by atoms with van der Waals surface area (Å²) in [7, 11) is -3.75. The van der Waals surface area contributed by atoms with Gasteiger partial charge >= 0.3 is 6.61 Å². The highest BCUT2D eigenvalue weighted by Gasteiger charge is 2.40. The summed E-state index contributed by atoms with van der Waals surface area (Å²) in [5, 5.41) is 5.29. The molecular weight excluding hydrogens is 412 g/mol. The number of halogens is 2. The van der Waals surface area contributed by atoms with Gasteiger partial charge in [0.25, 0.3) is 0 Å². The number of fused-ring (bicyclic) bond motifs is 2. The Morgan fingerprint density at radius 2 is 2.00 bits per heavy atom. The molecule has 1 aromatic carbocycles. The highest BCUT2D eigenvalue weighted by atomic mass is 32.2. The first kappa shape index (κ1) is 20.7. The van der Waals surface area contributed by atoms with Crippen LogP contribution in [0.1, 0.15) is 18.6 Å². The zero-order chi connectivity index (χ0) is 21.5. The first-order valence-electron chi connectivity index (χ1n) is 9.36. The van der Waals surface area contributed by atoms with Crippen molar-refractivity contribution >= 4 is 10.0 Å². The van der Waals surface area contributed by atoms with Gasteiger partial charge in [-0.2, -0.15) is 8.78 Å². The van der Waals surface area contributed by atoms with Crippen LogP contribution in [0.4, 0.5) is 8.78 Å². The van der Waals surface area contributed by atoms with Gasteiger partial charge in [-0.15, -0.1) is 0 Å². The first-order chi connectivity index (χ1) is 14.2. The Hall–Kier alpha value is -2.55. The Morgan fingerprint density at radius 3 is 2.67 bits per heavy atom. The topological polar surface area (TPSA) is 78.6 Å². The van der Waals surface area contributed by atoms with Crippen molar-refractivity contribution in [2.75, 3.05) is 5.75 Å². The Kier molecular flexibility index (Phi) is 5.25. The molecule has 1 aromatic rings. The van der Waals surface area contributed by atoms with Gasteiger partial charge in [-0.05, 0) is 22.8 Å². The second kappa shape index (κ2) is 7.61. The first-order valence-corrected chi connectivity index (χ1v) is 11.1. The van der Waals surface area contributed by atoms with Crippen molar-refractivity contribution in [2.24, 2.45) is 10.6 Å². The predicted molar refractivity (Wildman–Crippen MR) is 109 cm³/mol. The van der Waals surface area contributed by atoms with Gasteiger partial charge in [-0.1, -0.05) is 67.6 Å². The summed E-state index contributed by atoms with van der Waals surface area (Å²) >= 11 is 0. The molecule has 0 amide bonds. The van der Waals surface area contributed by atoms with Crippen LogP contribution in [-0.4, -0.2) is 26.9 Å². The van der Waals surface area contributed by atoms with Gasteiger partial charge in [0.05, 0.1) is 5.75 Å². The van der Waals surface area contributed by atoms with E-state index in [1.807, 2.05) is 30.3 Å². The smallest absolute Gasteiger partial charge is 0.387 e.